The van der Waals surface area contributed by atoms with E-state index in [9.17, 15) is 4.79 Å². The Morgan fingerprint density at radius 1 is 1.10 bits per heavy atom. The molecular formula is C23H19BrCl2N2O3. The van der Waals surface area contributed by atoms with Crippen LogP contribution in [0.15, 0.2) is 63.5 Å². The van der Waals surface area contributed by atoms with Gasteiger partial charge in [-0.15, -0.1) is 0 Å². The third-order valence-corrected chi connectivity index (χ3v) is 6.26. The van der Waals surface area contributed by atoms with Gasteiger partial charge in [0, 0.05) is 34.9 Å². The van der Waals surface area contributed by atoms with Crippen LogP contribution in [0.1, 0.15) is 5.76 Å². The molecule has 0 saturated carbocycles. The lowest BCUT2D eigenvalue weighted by atomic mass is 10.2. The van der Waals surface area contributed by atoms with Crippen molar-refractivity contribution in [2.45, 2.75) is 0 Å². The van der Waals surface area contributed by atoms with Gasteiger partial charge in [0.25, 0.3) is 0 Å². The second-order valence-corrected chi connectivity index (χ2v) is 8.53. The predicted octanol–water partition coefficient (Wildman–Crippen LogP) is 6.50. The number of hydrogen-bond donors (Lipinski definition) is 1. The van der Waals surface area contributed by atoms with Crippen LogP contribution < -0.4 is 10.2 Å². The molecule has 1 aromatic heterocycles. The minimum absolute atomic E-state index is 0.259. The zero-order valence-electron chi connectivity index (χ0n) is 16.4. The lowest BCUT2D eigenvalue weighted by Gasteiger charge is -2.29. The van der Waals surface area contributed by atoms with Gasteiger partial charge in [0.2, 0.25) is 5.91 Å². The number of nitrogens with one attached hydrogen (secondary N) is 1. The summed E-state index contributed by atoms with van der Waals surface area (Å²) in [5.41, 5.74) is 2.48. The SMILES string of the molecule is O=C(/C=C/c1ccc(-c2cccc(Cl)c2Cl)o1)Nc1ccc(N2CCOCC2)c(Br)c1. The molecule has 0 unspecified atom stereocenters. The molecule has 2 aromatic carbocycles. The van der Waals surface area contributed by atoms with Gasteiger partial charge in [0.15, 0.2) is 0 Å². The smallest absolute Gasteiger partial charge is 0.248 e. The van der Waals surface area contributed by atoms with E-state index < -0.39 is 0 Å². The highest BCUT2D eigenvalue weighted by molar-refractivity contribution is 9.10. The molecule has 1 saturated heterocycles. The maximum Gasteiger partial charge on any atom is 0.248 e. The molecule has 160 valence electrons. The Kier molecular flexibility index (Phi) is 7.02. The zero-order valence-corrected chi connectivity index (χ0v) is 19.5. The Morgan fingerprint density at radius 3 is 2.68 bits per heavy atom. The first kappa shape index (κ1) is 22.0. The van der Waals surface area contributed by atoms with Crippen LogP contribution in [0.5, 0.6) is 0 Å². The van der Waals surface area contributed by atoms with Gasteiger partial charge >= 0.3 is 0 Å². The molecule has 0 aliphatic carbocycles. The summed E-state index contributed by atoms with van der Waals surface area (Å²) in [7, 11) is 0. The first-order valence-corrected chi connectivity index (χ1v) is 11.2. The number of halogens is 3. The van der Waals surface area contributed by atoms with E-state index in [-0.39, 0.29) is 5.91 Å². The van der Waals surface area contributed by atoms with Crippen LogP contribution in [0, 0.1) is 0 Å². The highest BCUT2D eigenvalue weighted by Crippen LogP contribution is 2.34. The fourth-order valence-electron chi connectivity index (χ4n) is 3.27. The number of rotatable bonds is 5. The van der Waals surface area contributed by atoms with Crippen molar-refractivity contribution < 1.29 is 13.9 Å². The largest absolute Gasteiger partial charge is 0.457 e. The van der Waals surface area contributed by atoms with E-state index >= 15 is 0 Å². The van der Waals surface area contributed by atoms with Crippen molar-refractivity contribution in [3.63, 3.8) is 0 Å². The number of benzene rings is 2. The average molecular weight is 522 g/mol. The number of carbonyl (C=O) groups is 1. The Balaban J connectivity index is 1.40. The van der Waals surface area contributed by atoms with Crippen LogP contribution in [-0.4, -0.2) is 32.2 Å². The molecule has 5 nitrogen and oxygen atoms in total. The van der Waals surface area contributed by atoms with Crippen molar-refractivity contribution in [1.29, 1.82) is 0 Å². The minimum Gasteiger partial charge on any atom is -0.457 e. The van der Waals surface area contributed by atoms with E-state index in [4.69, 9.17) is 32.4 Å². The fourth-order valence-corrected chi connectivity index (χ4v) is 4.29. The first-order valence-electron chi connectivity index (χ1n) is 9.67. The number of anilines is 2. The molecule has 1 N–H and O–H groups in total. The molecule has 0 spiro atoms. The van der Waals surface area contributed by atoms with Crippen LogP contribution in [0.2, 0.25) is 10.0 Å². The monoisotopic (exact) mass is 520 g/mol. The molecule has 2 heterocycles. The van der Waals surface area contributed by atoms with Crippen LogP contribution in [0.25, 0.3) is 17.4 Å². The van der Waals surface area contributed by atoms with Crippen molar-refractivity contribution in [2.24, 2.45) is 0 Å². The fraction of sp³-hybridized carbons (Fsp3) is 0.174. The van der Waals surface area contributed by atoms with E-state index in [0.29, 0.717) is 46.0 Å². The summed E-state index contributed by atoms with van der Waals surface area (Å²) in [6.45, 7) is 3.12. The average Bonchev–Trinajstić information content (AvgIpc) is 3.24. The normalized spacial score (nSPS) is 14.2. The van der Waals surface area contributed by atoms with Crippen LogP contribution in [0.4, 0.5) is 11.4 Å². The van der Waals surface area contributed by atoms with Crippen molar-refractivity contribution >= 4 is 62.5 Å². The third kappa shape index (κ3) is 5.33. The van der Waals surface area contributed by atoms with E-state index in [1.165, 1.54) is 6.08 Å². The molecule has 1 aliphatic heterocycles. The number of nitrogens with zero attached hydrogens (tertiary/aromatic N) is 1. The van der Waals surface area contributed by atoms with Crippen molar-refractivity contribution in [1.82, 2.24) is 0 Å². The molecule has 0 radical (unpaired) electrons. The Labute approximate surface area is 198 Å². The lowest BCUT2D eigenvalue weighted by Crippen LogP contribution is -2.36. The Morgan fingerprint density at radius 2 is 1.90 bits per heavy atom. The molecule has 1 fully saturated rings. The zero-order chi connectivity index (χ0) is 21.8. The van der Waals surface area contributed by atoms with Crippen molar-refractivity contribution in [3.05, 3.63) is 74.9 Å². The molecule has 1 aliphatic rings. The van der Waals surface area contributed by atoms with Gasteiger partial charge in [0.05, 0.1) is 28.9 Å². The highest BCUT2D eigenvalue weighted by Gasteiger charge is 2.14. The van der Waals surface area contributed by atoms with Crippen molar-refractivity contribution in [2.75, 3.05) is 36.5 Å². The summed E-state index contributed by atoms with van der Waals surface area (Å²) in [5, 5.41) is 3.74. The maximum absolute atomic E-state index is 12.3. The molecule has 8 heteroatoms. The summed E-state index contributed by atoms with van der Waals surface area (Å²) in [6.07, 6.45) is 3.03. The predicted molar refractivity (Wildman–Crippen MR) is 129 cm³/mol. The molecule has 31 heavy (non-hydrogen) atoms. The number of amides is 1. The van der Waals surface area contributed by atoms with E-state index in [2.05, 4.69) is 26.1 Å². The summed E-state index contributed by atoms with van der Waals surface area (Å²) in [4.78, 5) is 14.6. The summed E-state index contributed by atoms with van der Waals surface area (Å²) in [5.74, 6) is 0.852. The van der Waals surface area contributed by atoms with Gasteiger partial charge in [-0.3, -0.25) is 4.79 Å². The lowest BCUT2D eigenvalue weighted by molar-refractivity contribution is -0.111. The van der Waals surface area contributed by atoms with E-state index in [0.717, 1.165) is 23.2 Å². The summed E-state index contributed by atoms with van der Waals surface area (Å²) >= 11 is 15.9. The molecule has 3 aromatic rings. The summed E-state index contributed by atoms with van der Waals surface area (Å²) < 4.78 is 12.1. The van der Waals surface area contributed by atoms with Gasteiger partial charge in [-0.1, -0.05) is 29.3 Å². The minimum atomic E-state index is -0.259. The quantitative estimate of drug-likeness (QED) is 0.389. The van der Waals surface area contributed by atoms with Crippen LogP contribution >= 0.6 is 39.1 Å². The van der Waals surface area contributed by atoms with Gasteiger partial charge in [-0.05, 0) is 64.5 Å². The van der Waals surface area contributed by atoms with E-state index in [1.54, 1.807) is 30.3 Å². The first-order chi connectivity index (χ1) is 15.0. The van der Waals surface area contributed by atoms with Gasteiger partial charge in [-0.25, -0.2) is 0 Å². The standard InChI is InChI=1S/C23H19BrCl2N2O3/c24-18-14-15(4-7-20(18)28-10-12-30-13-11-28)27-22(29)9-6-16-5-8-21(31-16)17-2-1-3-19(25)23(17)26/h1-9,14H,10-13H2,(H,27,29)/b9-6+. The number of carbonyl (C=O) groups excluding carboxylic acids is 1. The van der Waals surface area contributed by atoms with E-state index in [1.807, 2.05) is 24.3 Å². The van der Waals surface area contributed by atoms with Crippen molar-refractivity contribution in [3.8, 4) is 11.3 Å². The van der Waals surface area contributed by atoms with Gasteiger partial charge < -0.3 is 19.4 Å². The molecule has 1 amide bonds. The summed E-state index contributed by atoms with van der Waals surface area (Å²) in [6, 6.07) is 14.7. The van der Waals surface area contributed by atoms with Gasteiger partial charge in [-0.2, -0.15) is 0 Å². The maximum atomic E-state index is 12.3. The number of morpholine rings is 1. The van der Waals surface area contributed by atoms with Gasteiger partial charge in [0.1, 0.15) is 11.5 Å². The number of ether oxygens (including phenoxy) is 1. The third-order valence-electron chi connectivity index (χ3n) is 4.81. The number of furan rings is 1. The van der Waals surface area contributed by atoms with Crippen LogP contribution in [0.3, 0.4) is 0 Å². The Hall–Kier alpha value is -2.25. The number of hydrogen-bond acceptors (Lipinski definition) is 4. The van der Waals surface area contributed by atoms with Crippen LogP contribution in [-0.2, 0) is 9.53 Å². The molecular weight excluding hydrogens is 503 g/mol. The Bertz CT molecular complexity index is 1120. The molecule has 0 bridgehead atoms. The molecule has 4 rings (SSSR count). The second-order valence-electron chi connectivity index (χ2n) is 6.89. The highest BCUT2D eigenvalue weighted by atomic mass is 79.9. The second kappa shape index (κ2) is 9.92. The molecule has 0 atom stereocenters. The topological polar surface area (TPSA) is 54.7 Å².